The molecular formula is C28H33Cl2N3O4S. The first-order valence-corrected chi connectivity index (χ1v) is 14.8. The quantitative estimate of drug-likeness (QED) is 0.237. The fourth-order valence-corrected chi connectivity index (χ4v) is 7.69. The van der Waals surface area contributed by atoms with Crippen LogP contribution in [0.3, 0.4) is 0 Å². The number of hydrogen-bond acceptors (Lipinski definition) is 5. The van der Waals surface area contributed by atoms with Crippen LogP contribution in [0, 0.1) is 5.41 Å². The number of allylic oxidation sites excluding steroid dienone is 2. The summed E-state index contributed by atoms with van der Waals surface area (Å²) < 4.78 is 22.4. The van der Waals surface area contributed by atoms with Crippen molar-refractivity contribution in [3.05, 3.63) is 80.7 Å². The van der Waals surface area contributed by atoms with Gasteiger partial charge in [0.2, 0.25) is 11.8 Å². The Balaban J connectivity index is 1.96. The Kier molecular flexibility index (Phi) is 8.31. The smallest absolute Gasteiger partial charge is 0.230 e. The normalized spacial score (nSPS) is 25.1. The zero-order valence-corrected chi connectivity index (χ0v) is 23.9. The van der Waals surface area contributed by atoms with Gasteiger partial charge in [-0.25, -0.2) is 0 Å². The summed E-state index contributed by atoms with van der Waals surface area (Å²) in [5, 5.41) is 1.26. The average Bonchev–Trinajstić information content (AvgIpc) is 3.71. The zero-order valence-electron chi connectivity index (χ0n) is 21.6. The Morgan fingerprint density at radius 3 is 2.37 bits per heavy atom. The number of aliphatic imine (C=N–C) groups is 1. The van der Waals surface area contributed by atoms with E-state index in [-0.39, 0.29) is 23.3 Å². The third-order valence-electron chi connectivity index (χ3n) is 7.41. The van der Waals surface area contributed by atoms with Gasteiger partial charge in [0.05, 0.1) is 17.5 Å². The number of benzene rings is 2. The van der Waals surface area contributed by atoms with Gasteiger partial charge in [-0.3, -0.25) is 23.7 Å². The second-order valence-corrected chi connectivity index (χ2v) is 13.1. The van der Waals surface area contributed by atoms with Crippen LogP contribution >= 0.6 is 33.8 Å². The maximum atomic E-state index is 14.5. The lowest BCUT2D eigenvalue weighted by Crippen LogP contribution is -2.58. The minimum atomic E-state index is -3.34. The first-order valence-electron chi connectivity index (χ1n) is 12.5. The maximum Gasteiger partial charge on any atom is 0.230 e. The van der Waals surface area contributed by atoms with Crippen molar-refractivity contribution in [1.82, 2.24) is 4.90 Å². The molecule has 0 spiro atoms. The largest absolute Gasteiger partial charge is 0.370 e. The van der Waals surface area contributed by atoms with Crippen molar-refractivity contribution >= 4 is 50.6 Å². The van der Waals surface area contributed by atoms with Crippen molar-refractivity contribution in [2.75, 3.05) is 7.05 Å². The van der Waals surface area contributed by atoms with Gasteiger partial charge in [-0.15, -0.1) is 10.6 Å². The van der Waals surface area contributed by atoms with E-state index < -0.39 is 34.0 Å². The molecule has 4 rings (SSSR count). The number of carbonyl (C=O) groups excluding carboxylic acids is 2. The number of primary amides is 1. The van der Waals surface area contributed by atoms with Crippen molar-refractivity contribution < 1.29 is 18.7 Å². The number of halogens is 2. The third kappa shape index (κ3) is 5.51. The van der Waals surface area contributed by atoms with Crippen molar-refractivity contribution in [3.63, 3.8) is 0 Å². The van der Waals surface area contributed by atoms with E-state index >= 15 is 0 Å². The molecule has 2 aromatic carbocycles. The van der Waals surface area contributed by atoms with Crippen LogP contribution in [0.15, 0.2) is 64.5 Å². The van der Waals surface area contributed by atoms with Crippen LogP contribution in [0.4, 0.5) is 0 Å². The highest BCUT2D eigenvalue weighted by atomic mass is 35.5. The first-order chi connectivity index (χ1) is 17.9. The third-order valence-corrected chi connectivity index (χ3v) is 10.0. The van der Waals surface area contributed by atoms with Crippen molar-refractivity contribution in [2.24, 2.45) is 16.1 Å². The molecular weight excluding hydrogens is 545 g/mol. The number of carbonyl (C=O) groups is 2. The van der Waals surface area contributed by atoms with Crippen LogP contribution in [0.2, 0.25) is 10.0 Å². The van der Waals surface area contributed by atoms with E-state index in [4.69, 9.17) is 28.9 Å². The van der Waals surface area contributed by atoms with Gasteiger partial charge in [0, 0.05) is 40.8 Å². The lowest BCUT2D eigenvalue weighted by atomic mass is 9.67. The topological polar surface area (TPSA) is 116 Å². The summed E-state index contributed by atoms with van der Waals surface area (Å²) in [5.74, 6) is -1.16. The summed E-state index contributed by atoms with van der Waals surface area (Å²) in [4.78, 5) is 33.2. The number of likely N-dealkylation sites (tertiary alicyclic amines) is 1. The molecule has 0 saturated carbocycles. The zero-order chi connectivity index (χ0) is 27.8. The summed E-state index contributed by atoms with van der Waals surface area (Å²) >= 11 is 12.6. The molecule has 0 bridgehead atoms. The second-order valence-electron chi connectivity index (χ2n) is 10.2. The van der Waals surface area contributed by atoms with Gasteiger partial charge in [0.1, 0.15) is 5.04 Å². The van der Waals surface area contributed by atoms with Crippen LogP contribution in [0.1, 0.15) is 62.6 Å². The highest BCUT2D eigenvalue weighted by Gasteiger charge is 2.54. The predicted molar refractivity (Wildman–Crippen MR) is 155 cm³/mol. The van der Waals surface area contributed by atoms with Crippen LogP contribution in [-0.4, -0.2) is 44.0 Å². The lowest BCUT2D eigenvalue weighted by Gasteiger charge is -2.53. The molecule has 0 radical (unpaired) electrons. The molecule has 204 valence electrons. The van der Waals surface area contributed by atoms with E-state index in [0.29, 0.717) is 34.2 Å². The van der Waals surface area contributed by atoms with Gasteiger partial charge in [0.15, 0.2) is 0 Å². The van der Waals surface area contributed by atoms with Crippen molar-refractivity contribution in [3.8, 4) is 0 Å². The molecule has 0 unspecified atom stereocenters. The van der Waals surface area contributed by atoms with Crippen LogP contribution < -0.4 is 5.73 Å². The summed E-state index contributed by atoms with van der Waals surface area (Å²) in [7, 11) is -1.83. The number of hydrogen-bond donors (Lipinski definition) is 3. The van der Waals surface area contributed by atoms with E-state index in [1.165, 1.54) is 7.05 Å². The molecule has 7 nitrogen and oxygen atoms in total. The first kappa shape index (κ1) is 28.6. The fourth-order valence-electron chi connectivity index (χ4n) is 5.64. The Hall–Kier alpha value is -2.36. The maximum absolute atomic E-state index is 14.5. The van der Waals surface area contributed by atoms with E-state index in [2.05, 4.69) is 4.99 Å². The Labute approximate surface area is 235 Å². The molecule has 4 atom stereocenters. The molecule has 10 heteroatoms. The number of nitrogens with two attached hydrogens (primary N) is 1. The Morgan fingerprint density at radius 2 is 1.84 bits per heavy atom. The molecule has 2 aromatic rings. The van der Waals surface area contributed by atoms with Gasteiger partial charge < -0.3 is 10.6 Å². The number of nitrogens with zero attached hydrogens (tertiary/aromatic N) is 2. The van der Waals surface area contributed by atoms with Gasteiger partial charge in [-0.05, 0) is 48.2 Å². The predicted octanol–water partition coefficient (Wildman–Crippen LogP) is 6.78. The minimum Gasteiger partial charge on any atom is -0.370 e. The second kappa shape index (κ2) is 11.0. The van der Waals surface area contributed by atoms with Crippen LogP contribution in [0.25, 0.3) is 0 Å². The lowest BCUT2D eigenvalue weighted by molar-refractivity contribution is -0.155. The van der Waals surface area contributed by atoms with Crippen molar-refractivity contribution in [2.45, 2.75) is 57.5 Å². The van der Waals surface area contributed by atoms with Gasteiger partial charge in [-0.1, -0.05) is 67.4 Å². The molecule has 2 aliphatic rings. The van der Waals surface area contributed by atoms with E-state index in [9.17, 15) is 18.7 Å². The standard InChI is InChI=1S/C28H33Cl2N3O4S/c1-4-23(26(32-3)38(36,37)21-12-13-21)33-25(17-8-10-19(29)11-9-17)22(18-6-5-7-20(30)14-18)15-28(2,27(33)35)16-24(31)34/h5-12,14,22-23,25,36-37H,4,13,15-16H2,1-3H3,(H2,31,34)/t22-,23+,25-,28-/m1/s1. The molecule has 1 aliphatic heterocycles. The van der Waals surface area contributed by atoms with E-state index in [0.717, 1.165) is 11.1 Å². The number of rotatable bonds is 8. The number of piperidine rings is 1. The van der Waals surface area contributed by atoms with Crippen molar-refractivity contribution in [1.29, 1.82) is 0 Å². The fraction of sp³-hybridized carbons (Fsp3) is 0.393. The minimum absolute atomic E-state index is 0.150. The molecule has 0 aromatic heterocycles. The summed E-state index contributed by atoms with van der Waals surface area (Å²) in [5.41, 5.74) is 6.24. The Bertz CT molecular complexity index is 1300. The molecule has 4 N–H and O–H groups in total. The Morgan fingerprint density at radius 1 is 1.18 bits per heavy atom. The molecule has 1 saturated heterocycles. The van der Waals surface area contributed by atoms with Gasteiger partial charge in [0.25, 0.3) is 0 Å². The average molecular weight is 579 g/mol. The molecule has 38 heavy (non-hydrogen) atoms. The molecule has 1 heterocycles. The van der Waals surface area contributed by atoms with Crippen LogP contribution in [-0.2, 0) is 9.59 Å². The number of amides is 2. The highest BCUT2D eigenvalue weighted by Crippen LogP contribution is 2.60. The monoisotopic (exact) mass is 577 g/mol. The summed E-state index contributed by atoms with van der Waals surface area (Å²) in [6, 6.07) is 13.5. The van der Waals surface area contributed by atoms with Crippen LogP contribution in [0.5, 0.6) is 0 Å². The SMILES string of the molecule is CC[C@@H](C(=NC)S(O)(O)C1=CC1)N1C(=O)[C@@](C)(CC(N)=O)C[C@H](c2cccc(Cl)c2)[C@H]1c1ccc(Cl)cc1. The molecule has 1 fully saturated rings. The van der Waals surface area contributed by atoms with E-state index in [1.54, 1.807) is 36.1 Å². The van der Waals surface area contributed by atoms with Gasteiger partial charge >= 0.3 is 0 Å². The molecule has 1 aliphatic carbocycles. The summed E-state index contributed by atoms with van der Waals surface area (Å²) in [6.45, 7) is 3.63. The van der Waals surface area contributed by atoms with E-state index in [1.807, 2.05) is 37.3 Å². The van der Waals surface area contributed by atoms with Gasteiger partial charge in [-0.2, -0.15) is 0 Å². The summed E-state index contributed by atoms with van der Waals surface area (Å²) in [6.07, 6.45) is 2.82. The highest BCUT2D eigenvalue weighted by molar-refractivity contribution is 8.40. The molecule has 2 amide bonds.